The van der Waals surface area contributed by atoms with E-state index in [2.05, 4.69) is 27.4 Å². The number of rotatable bonds is 4. The van der Waals surface area contributed by atoms with Gasteiger partial charge in [0.2, 0.25) is 5.91 Å². The predicted octanol–water partition coefficient (Wildman–Crippen LogP) is 4.52. The number of anilines is 1. The predicted molar refractivity (Wildman–Crippen MR) is 117 cm³/mol. The molecule has 1 aromatic carbocycles. The first-order valence-electron chi connectivity index (χ1n) is 9.47. The molecule has 2 N–H and O–H groups in total. The number of aromatic amines is 1. The molecule has 146 valence electrons. The number of thioether (sulfide) groups is 1. The Balaban J connectivity index is 1.50. The molecule has 7 heteroatoms. The zero-order valence-corrected chi connectivity index (χ0v) is 17.9. The zero-order valence-electron chi connectivity index (χ0n) is 16.3. The van der Waals surface area contributed by atoms with Crippen LogP contribution in [0.25, 0.3) is 10.2 Å². The van der Waals surface area contributed by atoms with Crippen LogP contribution in [0.15, 0.2) is 22.1 Å². The van der Waals surface area contributed by atoms with Crippen LogP contribution in [0.4, 0.5) is 5.69 Å². The molecule has 1 aliphatic rings. The van der Waals surface area contributed by atoms with Crippen LogP contribution in [0.1, 0.15) is 40.0 Å². The van der Waals surface area contributed by atoms with E-state index in [-0.39, 0.29) is 17.2 Å². The number of thiophene rings is 1. The smallest absolute Gasteiger partial charge is 0.260 e. The van der Waals surface area contributed by atoms with Crippen LogP contribution in [0.3, 0.4) is 0 Å². The van der Waals surface area contributed by atoms with Gasteiger partial charge < -0.3 is 10.3 Å². The van der Waals surface area contributed by atoms with Gasteiger partial charge in [-0.25, -0.2) is 4.98 Å². The molecule has 1 amide bonds. The molecule has 0 saturated carbocycles. The Morgan fingerprint density at radius 2 is 1.93 bits per heavy atom. The van der Waals surface area contributed by atoms with Crippen LogP contribution in [0, 0.1) is 20.8 Å². The molecular formula is C21H23N3O2S2. The third kappa shape index (κ3) is 3.73. The van der Waals surface area contributed by atoms with Gasteiger partial charge in [-0.3, -0.25) is 9.59 Å². The van der Waals surface area contributed by atoms with Gasteiger partial charge in [-0.15, -0.1) is 11.3 Å². The lowest BCUT2D eigenvalue weighted by molar-refractivity contribution is -0.113. The third-order valence-corrected chi connectivity index (χ3v) is 7.14. The number of nitrogens with zero attached hydrogens (tertiary/aromatic N) is 1. The number of H-pyrrole nitrogens is 1. The van der Waals surface area contributed by atoms with Crippen LogP contribution in [0.5, 0.6) is 0 Å². The first-order chi connectivity index (χ1) is 13.4. The fourth-order valence-electron chi connectivity index (χ4n) is 3.90. The van der Waals surface area contributed by atoms with Crippen LogP contribution in [-0.4, -0.2) is 21.6 Å². The minimum absolute atomic E-state index is 0.0856. The van der Waals surface area contributed by atoms with Crippen molar-refractivity contribution in [2.45, 2.75) is 51.6 Å². The van der Waals surface area contributed by atoms with Gasteiger partial charge in [-0.05, 0) is 63.1 Å². The van der Waals surface area contributed by atoms with Crippen molar-refractivity contribution in [2.75, 3.05) is 11.1 Å². The maximum absolute atomic E-state index is 12.6. The van der Waals surface area contributed by atoms with E-state index in [1.807, 2.05) is 20.8 Å². The summed E-state index contributed by atoms with van der Waals surface area (Å²) in [5, 5.41) is 4.24. The van der Waals surface area contributed by atoms with Gasteiger partial charge in [0.1, 0.15) is 4.83 Å². The average Bonchev–Trinajstić information content (AvgIpc) is 3.01. The largest absolute Gasteiger partial charge is 0.325 e. The molecular weight excluding hydrogens is 390 g/mol. The molecule has 3 aromatic rings. The van der Waals surface area contributed by atoms with Gasteiger partial charge in [-0.1, -0.05) is 29.5 Å². The Bertz CT molecular complexity index is 1110. The summed E-state index contributed by atoms with van der Waals surface area (Å²) in [7, 11) is 0. The van der Waals surface area contributed by atoms with Crippen LogP contribution in [-0.2, 0) is 17.6 Å². The molecule has 0 atom stereocenters. The van der Waals surface area contributed by atoms with Crippen LogP contribution >= 0.6 is 23.1 Å². The lowest BCUT2D eigenvalue weighted by Crippen LogP contribution is -2.17. The van der Waals surface area contributed by atoms with Crippen molar-refractivity contribution < 1.29 is 4.79 Å². The van der Waals surface area contributed by atoms with E-state index in [1.54, 1.807) is 11.3 Å². The quantitative estimate of drug-likeness (QED) is 0.487. The standard InChI is InChI=1S/C21H23N3O2S2/c1-11-8-12(2)18(13(3)9-11)22-16(25)10-27-21-23-19(26)17-14-6-4-5-7-15(14)28-20(17)24-21/h8-9H,4-7,10H2,1-3H3,(H,22,25)(H,23,24,26). The van der Waals surface area contributed by atoms with Gasteiger partial charge in [0, 0.05) is 10.6 Å². The summed E-state index contributed by atoms with van der Waals surface area (Å²) >= 11 is 2.89. The second kappa shape index (κ2) is 7.72. The molecule has 0 fully saturated rings. The monoisotopic (exact) mass is 413 g/mol. The summed E-state index contributed by atoms with van der Waals surface area (Å²) in [5.41, 5.74) is 5.23. The van der Waals surface area contributed by atoms with E-state index in [0.717, 1.165) is 46.3 Å². The van der Waals surface area contributed by atoms with Crippen molar-refractivity contribution in [3.8, 4) is 0 Å². The molecule has 1 aliphatic carbocycles. The van der Waals surface area contributed by atoms with Crippen molar-refractivity contribution in [1.29, 1.82) is 0 Å². The molecule has 0 spiro atoms. The number of aromatic nitrogens is 2. The molecule has 28 heavy (non-hydrogen) atoms. The second-order valence-electron chi connectivity index (χ2n) is 7.37. The minimum Gasteiger partial charge on any atom is -0.325 e. The fraction of sp³-hybridized carbons (Fsp3) is 0.381. The first-order valence-corrected chi connectivity index (χ1v) is 11.3. The number of benzene rings is 1. The number of fused-ring (bicyclic) bond motifs is 3. The van der Waals surface area contributed by atoms with Crippen molar-refractivity contribution in [1.82, 2.24) is 9.97 Å². The number of amides is 1. The van der Waals surface area contributed by atoms with Crippen molar-refractivity contribution >= 4 is 44.9 Å². The van der Waals surface area contributed by atoms with Crippen LogP contribution < -0.4 is 10.9 Å². The van der Waals surface area contributed by atoms with Gasteiger partial charge in [0.25, 0.3) is 5.56 Å². The molecule has 2 aromatic heterocycles. The highest BCUT2D eigenvalue weighted by Gasteiger charge is 2.20. The van der Waals surface area contributed by atoms with E-state index >= 15 is 0 Å². The Hall–Kier alpha value is -2.12. The lowest BCUT2D eigenvalue weighted by atomic mass is 9.97. The molecule has 0 unspecified atom stereocenters. The minimum atomic E-state index is -0.103. The first kappa shape index (κ1) is 19.2. The number of aryl methyl sites for hydroxylation is 5. The SMILES string of the molecule is Cc1cc(C)c(NC(=O)CSc2nc3sc4c(c3c(=O)[nH]2)CCCC4)c(C)c1. The number of hydrogen-bond acceptors (Lipinski definition) is 5. The summed E-state index contributed by atoms with van der Waals surface area (Å²) < 4.78 is 0. The maximum Gasteiger partial charge on any atom is 0.260 e. The van der Waals surface area contributed by atoms with Crippen molar-refractivity contribution in [3.05, 3.63) is 49.6 Å². The van der Waals surface area contributed by atoms with E-state index in [4.69, 9.17) is 0 Å². The maximum atomic E-state index is 12.6. The van der Waals surface area contributed by atoms with Gasteiger partial charge >= 0.3 is 0 Å². The summed E-state index contributed by atoms with van der Waals surface area (Å²) in [6.45, 7) is 6.03. The molecule has 0 saturated heterocycles. The second-order valence-corrected chi connectivity index (χ2v) is 9.42. The number of hydrogen-bond donors (Lipinski definition) is 2. The molecule has 4 rings (SSSR count). The molecule has 0 aliphatic heterocycles. The topological polar surface area (TPSA) is 74.8 Å². The average molecular weight is 414 g/mol. The van der Waals surface area contributed by atoms with Gasteiger partial charge in [0.15, 0.2) is 5.16 Å². The highest BCUT2D eigenvalue weighted by Crippen LogP contribution is 2.34. The Morgan fingerprint density at radius 3 is 2.68 bits per heavy atom. The normalized spacial score (nSPS) is 13.5. The summed E-state index contributed by atoms with van der Waals surface area (Å²) in [5.74, 6) is 0.0972. The lowest BCUT2D eigenvalue weighted by Gasteiger charge is -2.12. The Morgan fingerprint density at radius 1 is 1.21 bits per heavy atom. The van der Waals surface area contributed by atoms with Crippen molar-refractivity contribution in [3.63, 3.8) is 0 Å². The molecule has 0 bridgehead atoms. The van der Waals surface area contributed by atoms with E-state index in [1.165, 1.54) is 34.2 Å². The van der Waals surface area contributed by atoms with Gasteiger partial charge in [0.05, 0.1) is 11.1 Å². The number of carbonyl (C=O) groups excluding carboxylic acids is 1. The molecule has 2 heterocycles. The summed E-state index contributed by atoms with van der Waals surface area (Å²) in [6, 6.07) is 4.11. The summed E-state index contributed by atoms with van der Waals surface area (Å²) in [4.78, 5) is 34.6. The highest BCUT2D eigenvalue weighted by atomic mass is 32.2. The Labute approximate surface area is 172 Å². The van der Waals surface area contributed by atoms with E-state index < -0.39 is 0 Å². The van der Waals surface area contributed by atoms with E-state index in [0.29, 0.717) is 5.16 Å². The van der Waals surface area contributed by atoms with Gasteiger partial charge in [-0.2, -0.15) is 0 Å². The Kier molecular flexibility index (Phi) is 5.29. The third-order valence-electron chi connectivity index (χ3n) is 5.08. The van der Waals surface area contributed by atoms with Crippen molar-refractivity contribution in [2.24, 2.45) is 0 Å². The number of nitrogens with one attached hydrogen (secondary N) is 2. The molecule has 5 nitrogen and oxygen atoms in total. The van der Waals surface area contributed by atoms with Crippen LogP contribution in [0.2, 0.25) is 0 Å². The van der Waals surface area contributed by atoms with E-state index in [9.17, 15) is 9.59 Å². The number of carbonyl (C=O) groups is 1. The zero-order chi connectivity index (χ0) is 19.8. The highest BCUT2D eigenvalue weighted by molar-refractivity contribution is 7.99. The molecule has 0 radical (unpaired) electrons. The summed E-state index contributed by atoms with van der Waals surface area (Å²) in [6.07, 6.45) is 4.31. The fourth-order valence-corrected chi connectivity index (χ4v) is 5.88.